The van der Waals surface area contributed by atoms with Gasteiger partial charge in [-0.3, -0.25) is 9.69 Å². The minimum atomic E-state index is -0.371. The minimum absolute atomic E-state index is 0.0356. The molecule has 0 radical (unpaired) electrons. The van der Waals surface area contributed by atoms with E-state index >= 15 is 0 Å². The van der Waals surface area contributed by atoms with Crippen molar-refractivity contribution in [2.24, 2.45) is 5.11 Å². The number of azide groups is 1. The number of hydrogen-bond donors (Lipinski definition) is 1. The Kier molecular flexibility index (Phi) is 5.12. The van der Waals surface area contributed by atoms with Crippen LogP contribution < -0.4 is 10.2 Å². The molecule has 126 valence electrons. The van der Waals surface area contributed by atoms with E-state index in [0.29, 0.717) is 18.8 Å². The van der Waals surface area contributed by atoms with Crippen LogP contribution in [0.5, 0.6) is 0 Å². The average Bonchev–Trinajstić information content (AvgIpc) is 2.94. The largest absolute Gasteiger partial charge is 0.444 e. The Morgan fingerprint density at radius 3 is 3.12 bits per heavy atom. The number of unbranched alkanes of at least 4 members (excludes halogenated alkanes) is 1. The van der Waals surface area contributed by atoms with E-state index in [4.69, 9.17) is 10.3 Å². The standard InChI is InChI=1S/C15H17N5O3S/c16-19-17-6-2-1-3-11-8-20(15(22)23-11)10-4-5-13-12(7-10)18-14(21)9-24-13/h4-5,7,11H,1-3,6,8-9H2,(H,18,21). The number of fused-ring (bicyclic) bond motifs is 1. The highest BCUT2D eigenvalue weighted by molar-refractivity contribution is 8.00. The van der Waals surface area contributed by atoms with Crippen molar-refractivity contribution in [2.75, 3.05) is 29.1 Å². The number of anilines is 2. The van der Waals surface area contributed by atoms with Crippen LogP contribution in [-0.4, -0.2) is 36.9 Å². The number of carbonyl (C=O) groups is 2. The minimum Gasteiger partial charge on any atom is -0.444 e. The Morgan fingerprint density at radius 2 is 2.29 bits per heavy atom. The van der Waals surface area contributed by atoms with Crippen LogP contribution >= 0.6 is 11.8 Å². The predicted octanol–water partition coefficient (Wildman–Crippen LogP) is 3.54. The van der Waals surface area contributed by atoms with E-state index in [1.54, 1.807) is 4.90 Å². The van der Waals surface area contributed by atoms with Crippen LogP contribution in [0, 0.1) is 0 Å². The van der Waals surface area contributed by atoms with Crippen LogP contribution in [0.1, 0.15) is 19.3 Å². The van der Waals surface area contributed by atoms with Crippen molar-refractivity contribution >= 4 is 35.1 Å². The molecule has 2 amide bonds. The maximum Gasteiger partial charge on any atom is 0.414 e. The summed E-state index contributed by atoms with van der Waals surface area (Å²) in [6.45, 7) is 0.948. The van der Waals surface area contributed by atoms with E-state index in [2.05, 4.69) is 15.3 Å². The van der Waals surface area contributed by atoms with Crippen molar-refractivity contribution in [1.29, 1.82) is 0 Å². The van der Waals surface area contributed by atoms with Crippen LogP contribution in [-0.2, 0) is 9.53 Å². The summed E-state index contributed by atoms with van der Waals surface area (Å²) in [6, 6.07) is 5.59. The van der Waals surface area contributed by atoms with Gasteiger partial charge in [0.2, 0.25) is 5.91 Å². The number of amides is 2. The van der Waals surface area contributed by atoms with Crippen LogP contribution in [0.15, 0.2) is 28.2 Å². The first-order valence-corrected chi connectivity index (χ1v) is 8.71. The lowest BCUT2D eigenvalue weighted by Gasteiger charge is -2.19. The number of rotatable bonds is 6. The van der Waals surface area contributed by atoms with Gasteiger partial charge < -0.3 is 10.1 Å². The highest BCUT2D eigenvalue weighted by atomic mass is 32.2. The molecule has 3 rings (SSSR count). The van der Waals surface area contributed by atoms with E-state index in [9.17, 15) is 9.59 Å². The first-order chi connectivity index (χ1) is 11.7. The number of nitrogens with one attached hydrogen (secondary N) is 1. The zero-order valence-electron chi connectivity index (χ0n) is 13.0. The number of benzene rings is 1. The van der Waals surface area contributed by atoms with Gasteiger partial charge in [-0.1, -0.05) is 5.11 Å². The van der Waals surface area contributed by atoms with Crippen molar-refractivity contribution in [2.45, 2.75) is 30.3 Å². The molecule has 1 unspecified atom stereocenters. The summed E-state index contributed by atoms with van der Waals surface area (Å²) in [5, 5.41) is 6.31. The highest BCUT2D eigenvalue weighted by Crippen LogP contribution is 2.35. The van der Waals surface area contributed by atoms with E-state index in [-0.39, 0.29) is 18.1 Å². The van der Waals surface area contributed by atoms with Gasteiger partial charge in [0.05, 0.1) is 18.0 Å². The Labute approximate surface area is 143 Å². The average molecular weight is 347 g/mol. The molecule has 2 aliphatic rings. The van der Waals surface area contributed by atoms with Gasteiger partial charge in [-0.05, 0) is 43.0 Å². The molecule has 0 aromatic heterocycles. The van der Waals surface area contributed by atoms with Crippen molar-refractivity contribution in [1.82, 2.24) is 0 Å². The fourth-order valence-electron chi connectivity index (χ4n) is 2.72. The van der Waals surface area contributed by atoms with Gasteiger partial charge >= 0.3 is 6.09 Å². The molecule has 1 N–H and O–H groups in total. The normalized spacial score (nSPS) is 19.3. The Morgan fingerprint density at radius 1 is 1.42 bits per heavy atom. The van der Waals surface area contributed by atoms with Crippen molar-refractivity contribution in [3.63, 3.8) is 0 Å². The summed E-state index contributed by atoms with van der Waals surface area (Å²) in [5.74, 6) is 0.377. The van der Waals surface area contributed by atoms with Crippen LogP contribution in [0.25, 0.3) is 10.4 Å². The van der Waals surface area contributed by atoms with Gasteiger partial charge in [0.1, 0.15) is 6.10 Å². The van der Waals surface area contributed by atoms with Gasteiger partial charge in [-0.2, -0.15) is 0 Å². The molecule has 9 heteroatoms. The lowest BCUT2D eigenvalue weighted by molar-refractivity contribution is -0.113. The molecular weight excluding hydrogens is 330 g/mol. The van der Waals surface area contributed by atoms with E-state index in [0.717, 1.165) is 35.5 Å². The predicted molar refractivity (Wildman–Crippen MR) is 91.3 cm³/mol. The molecule has 24 heavy (non-hydrogen) atoms. The first-order valence-electron chi connectivity index (χ1n) is 7.73. The van der Waals surface area contributed by atoms with Gasteiger partial charge in [0, 0.05) is 22.0 Å². The molecule has 8 nitrogen and oxygen atoms in total. The topological polar surface area (TPSA) is 107 Å². The number of hydrogen-bond acceptors (Lipinski definition) is 5. The number of nitrogens with zero attached hydrogens (tertiary/aromatic N) is 4. The van der Waals surface area contributed by atoms with Crippen molar-refractivity contribution in [3.05, 3.63) is 28.6 Å². The second kappa shape index (κ2) is 7.46. The zero-order valence-corrected chi connectivity index (χ0v) is 13.8. The second-order valence-electron chi connectivity index (χ2n) is 5.58. The molecular formula is C15H17N5O3S. The maximum atomic E-state index is 12.1. The first kappa shape index (κ1) is 16.5. The maximum absolute atomic E-state index is 12.1. The van der Waals surface area contributed by atoms with Gasteiger partial charge in [-0.25, -0.2) is 4.79 Å². The lowest BCUT2D eigenvalue weighted by Crippen LogP contribution is -2.25. The number of carbonyl (C=O) groups excluding carboxylic acids is 2. The Hall–Kier alpha value is -2.38. The van der Waals surface area contributed by atoms with E-state index in [1.807, 2.05) is 18.2 Å². The van der Waals surface area contributed by atoms with Crippen LogP contribution in [0.2, 0.25) is 0 Å². The molecule has 1 saturated heterocycles. The SMILES string of the molecule is [N-]=[N+]=NCCCCC1CN(c2ccc3c(c2)NC(=O)CS3)C(=O)O1. The number of cyclic esters (lactones) is 1. The van der Waals surface area contributed by atoms with Gasteiger partial charge in [-0.15, -0.1) is 11.8 Å². The molecule has 1 aromatic carbocycles. The summed E-state index contributed by atoms with van der Waals surface area (Å²) >= 11 is 1.49. The third kappa shape index (κ3) is 3.74. The van der Waals surface area contributed by atoms with Gasteiger partial charge in [0.25, 0.3) is 0 Å². The molecule has 1 fully saturated rings. The highest BCUT2D eigenvalue weighted by Gasteiger charge is 2.32. The van der Waals surface area contributed by atoms with Crippen molar-refractivity contribution < 1.29 is 14.3 Å². The van der Waals surface area contributed by atoms with Gasteiger partial charge in [0.15, 0.2) is 0 Å². The third-order valence-electron chi connectivity index (χ3n) is 3.88. The lowest BCUT2D eigenvalue weighted by atomic mass is 10.1. The monoisotopic (exact) mass is 347 g/mol. The molecule has 0 spiro atoms. The Balaban J connectivity index is 1.61. The second-order valence-corrected chi connectivity index (χ2v) is 6.60. The summed E-state index contributed by atoms with van der Waals surface area (Å²) in [6.07, 6.45) is 1.82. The fourth-order valence-corrected chi connectivity index (χ4v) is 3.51. The quantitative estimate of drug-likeness (QED) is 0.367. The molecule has 2 heterocycles. The Bertz CT molecular complexity index is 704. The molecule has 0 saturated carbocycles. The molecule has 0 aliphatic carbocycles. The number of ether oxygens (including phenoxy) is 1. The van der Waals surface area contributed by atoms with Crippen LogP contribution in [0.3, 0.4) is 0 Å². The number of thioether (sulfide) groups is 1. The molecule has 1 aromatic rings. The smallest absolute Gasteiger partial charge is 0.414 e. The summed E-state index contributed by atoms with van der Waals surface area (Å²) in [4.78, 5) is 28.9. The van der Waals surface area contributed by atoms with Crippen molar-refractivity contribution in [3.8, 4) is 0 Å². The molecule has 1 atom stereocenters. The zero-order chi connectivity index (χ0) is 16.9. The third-order valence-corrected chi connectivity index (χ3v) is 4.95. The molecule has 0 bridgehead atoms. The molecule has 2 aliphatic heterocycles. The summed E-state index contributed by atoms with van der Waals surface area (Å²) in [5.41, 5.74) is 9.68. The van der Waals surface area contributed by atoms with E-state index < -0.39 is 0 Å². The fraction of sp³-hybridized carbons (Fsp3) is 0.467. The summed E-state index contributed by atoms with van der Waals surface area (Å²) < 4.78 is 5.39. The van der Waals surface area contributed by atoms with Crippen LogP contribution in [0.4, 0.5) is 16.2 Å². The van der Waals surface area contributed by atoms with E-state index in [1.165, 1.54) is 11.8 Å². The summed E-state index contributed by atoms with van der Waals surface area (Å²) in [7, 11) is 0.